The van der Waals surface area contributed by atoms with Crippen molar-refractivity contribution in [3.63, 3.8) is 0 Å². The van der Waals surface area contributed by atoms with E-state index in [-0.39, 0.29) is 30.0 Å². The van der Waals surface area contributed by atoms with E-state index in [1.807, 2.05) is 11.8 Å². The van der Waals surface area contributed by atoms with Crippen LogP contribution in [-0.4, -0.2) is 61.6 Å². The maximum atomic E-state index is 12.5. The quantitative estimate of drug-likeness (QED) is 0.755. The predicted octanol–water partition coefficient (Wildman–Crippen LogP) is -0.118. The fourth-order valence-electron chi connectivity index (χ4n) is 3.05. The van der Waals surface area contributed by atoms with Crippen LogP contribution in [0.4, 0.5) is 0 Å². The van der Waals surface area contributed by atoms with Gasteiger partial charge >= 0.3 is 0 Å². The summed E-state index contributed by atoms with van der Waals surface area (Å²) < 4.78 is 4.80. The van der Waals surface area contributed by atoms with Gasteiger partial charge in [0.2, 0.25) is 11.8 Å². The van der Waals surface area contributed by atoms with Crippen molar-refractivity contribution in [2.75, 3.05) is 33.4 Å². The average Bonchev–Trinajstić information content (AvgIpc) is 2.87. The van der Waals surface area contributed by atoms with Crippen LogP contribution in [-0.2, 0) is 14.3 Å². The molecule has 6 heteroatoms. The Bertz CT molecular complexity index is 359. The molecule has 2 heterocycles. The molecular formula is C14H25N3O3. The molecule has 0 bridgehead atoms. The van der Waals surface area contributed by atoms with Crippen molar-refractivity contribution in [2.24, 2.45) is 0 Å². The molecule has 0 saturated carbocycles. The number of likely N-dealkylation sites (tertiary alicyclic amines) is 1. The number of methoxy groups -OCH3 is 1. The number of piperidine rings is 1. The van der Waals surface area contributed by atoms with Gasteiger partial charge in [-0.2, -0.15) is 0 Å². The van der Waals surface area contributed by atoms with Crippen molar-refractivity contribution in [1.29, 1.82) is 0 Å². The van der Waals surface area contributed by atoms with Gasteiger partial charge in [-0.25, -0.2) is 0 Å². The molecule has 0 aromatic heterocycles. The van der Waals surface area contributed by atoms with E-state index in [0.29, 0.717) is 13.1 Å². The Morgan fingerprint density at radius 1 is 1.40 bits per heavy atom. The molecule has 2 N–H and O–H groups in total. The normalized spacial score (nSPS) is 27.6. The third kappa shape index (κ3) is 3.49. The number of hydrogen-bond acceptors (Lipinski definition) is 4. The fraction of sp³-hybridized carbons (Fsp3) is 0.857. The van der Waals surface area contributed by atoms with Crippen LogP contribution in [0.3, 0.4) is 0 Å². The van der Waals surface area contributed by atoms with E-state index in [2.05, 4.69) is 10.6 Å². The minimum atomic E-state index is -0.383. The summed E-state index contributed by atoms with van der Waals surface area (Å²) in [4.78, 5) is 25.9. The van der Waals surface area contributed by atoms with E-state index in [1.54, 1.807) is 0 Å². The Labute approximate surface area is 120 Å². The van der Waals surface area contributed by atoms with Crippen LogP contribution in [0.1, 0.15) is 32.6 Å². The third-order valence-electron chi connectivity index (χ3n) is 4.26. The second-order valence-corrected chi connectivity index (χ2v) is 5.93. The SMILES string of the molecule is COCC(=O)NC1CCN(C(=O)C2(C)CCCN2)CC1. The first-order chi connectivity index (χ1) is 9.55. The van der Waals surface area contributed by atoms with Gasteiger partial charge in [0.25, 0.3) is 0 Å². The van der Waals surface area contributed by atoms with E-state index in [9.17, 15) is 9.59 Å². The number of hydrogen-bond donors (Lipinski definition) is 2. The highest BCUT2D eigenvalue weighted by Gasteiger charge is 2.39. The van der Waals surface area contributed by atoms with Gasteiger partial charge in [0, 0.05) is 26.2 Å². The second kappa shape index (κ2) is 6.54. The van der Waals surface area contributed by atoms with Crippen LogP contribution < -0.4 is 10.6 Å². The zero-order chi connectivity index (χ0) is 14.6. The molecule has 20 heavy (non-hydrogen) atoms. The minimum Gasteiger partial charge on any atom is -0.375 e. The molecule has 0 spiro atoms. The zero-order valence-corrected chi connectivity index (χ0v) is 12.4. The van der Waals surface area contributed by atoms with Crippen molar-refractivity contribution in [3.8, 4) is 0 Å². The van der Waals surface area contributed by atoms with Crippen LogP contribution in [0.2, 0.25) is 0 Å². The molecule has 0 radical (unpaired) electrons. The van der Waals surface area contributed by atoms with E-state index in [1.165, 1.54) is 7.11 Å². The van der Waals surface area contributed by atoms with E-state index in [4.69, 9.17) is 4.74 Å². The number of ether oxygens (including phenoxy) is 1. The monoisotopic (exact) mass is 283 g/mol. The van der Waals surface area contributed by atoms with Crippen molar-refractivity contribution < 1.29 is 14.3 Å². The molecule has 2 aliphatic heterocycles. The van der Waals surface area contributed by atoms with Crippen LogP contribution in [0.5, 0.6) is 0 Å². The van der Waals surface area contributed by atoms with Gasteiger partial charge in [0.05, 0.1) is 5.54 Å². The zero-order valence-electron chi connectivity index (χ0n) is 12.4. The molecule has 2 saturated heterocycles. The number of rotatable bonds is 4. The van der Waals surface area contributed by atoms with Gasteiger partial charge in [-0.3, -0.25) is 9.59 Å². The van der Waals surface area contributed by atoms with E-state index in [0.717, 1.165) is 32.2 Å². The molecule has 114 valence electrons. The highest BCUT2D eigenvalue weighted by molar-refractivity contribution is 5.86. The Balaban J connectivity index is 1.79. The number of amides is 2. The van der Waals surface area contributed by atoms with Crippen LogP contribution in [0.15, 0.2) is 0 Å². The van der Waals surface area contributed by atoms with Crippen LogP contribution >= 0.6 is 0 Å². The lowest BCUT2D eigenvalue weighted by molar-refractivity contribution is -0.138. The largest absolute Gasteiger partial charge is 0.375 e. The highest BCUT2D eigenvalue weighted by atomic mass is 16.5. The average molecular weight is 283 g/mol. The molecule has 0 aromatic rings. The van der Waals surface area contributed by atoms with Gasteiger partial charge in [-0.05, 0) is 39.2 Å². The van der Waals surface area contributed by atoms with Gasteiger partial charge in [-0.1, -0.05) is 0 Å². The van der Waals surface area contributed by atoms with Gasteiger partial charge in [-0.15, -0.1) is 0 Å². The first-order valence-corrected chi connectivity index (χ1v) is 7.38. The van der Waals surface area contributed by atoms with Crippen molar-refractivity contribution in [2.45, 2.75) is 44.2 Å². The van der Waals surface area contributed by atoms with Crippen molar-refractivity contribution >= 4 is 11.8 Å². The summed E-state index contributed by atoms with van der Waals surface area (Å²) in [7, 11) is 1.51. The third-order valence-corrected chi connectivity index (χ3v) is 4.26. The Morgan fingerprint density at radius 3 is 2.65 bits per heavy atom. The number of carbonyl (C=O) groups is 2. The highest BCUT2D eigenvalue weighted by Crippen LogP contribution is 2.23. The van der Waals surface area contributed by atoms with Gasteiger partial charge < -0.3 is 20.3 Å². The van der Waals surface area contributed by atoms with Gasteiger partial charge in [0.1, 0.15) is 6.61 Å². The molecule has 6 nitrogen and oxygen atoms in total. The smallest absolute Gasteiger partial charge is 0.246 e. The predicted molar refractivity (Wildman–Crippen MR) is 75.3 cm³/mol. The molecular weight excluding hydrogens is 258 g/mol. The summed E-state index contributed by atoms with van der Waals surface area (Å²) in [6.45, 7) is 4.45. The summed E-state index contributed by atoms with van der Waals surface area (Å²) in [6, 6.07) is 0.158. The lowest BCUT2D eigenvalue weighted by atomic mass is 9.96. The lowest BCUT2D eigenvalue weighted by Gasteiger charge is -2.37. The molecule has 1 atom stereocenters. The maximum Gasteiger partial charge on any atom is 0.246 e. The minimum absolute atomic E-state index is 0.0818. The Hall–Kier alpha value is -1.14. The molecule has 2 aliphatic rings. The molecule has 2 fully saturated rings. The van der Waals surface area contributed by atoms with Crippen LogP contribution in [0.25, 0.3) is 0 Å². The second-order valence-electron chi connectivity index (χ2n) is 5.93. The molecule has 2 rings (SSSR count). The van der Waals surface area contributed by atoms with E-state index < -0.39 is 0 Å². The van der Waals surface area contributed by atoms with E-state index >= 15 is 0 Å². The lowest BCUT2D eigenvalue weighted by Crippen LogP contribution is -2.56. The molecule has 0 aliphatic carbocycles. The Morgan fingerprint density at radius 2 is 2.10 bits per heavy atom. The molecule has 1 unspecified atom stereocenters. The molecule has 2 amide bonds. The topological polar surface area (TPSA) is 70.7 Å². The first-order valence-electron chi connectivity index (χ1n) is 7.38. The van der Waals surface area contributed by atoms with Crippen molar-refractivity contribution in [3.05, 3.63) is 0 Å². The van der Waals surface area contributed by atoms with Gasteiger partial charge in [0.15, 0.2) is 0 Å². The molecule has 0 aromatic carbocycles. The summed E-state index contributed by atoms with van der Waals surface area (Å²) in [5.41, 5.74) is -0.383. The summed E-state index contributed by atoms with van der Waals surface area (Å²) in [6.07, 6.45) is 3.61. The maximum absolute atomic E-state index is 12.5. The summed E-state index contributed by atoms with van der Waals surface area (Å²) >= 11 is 0. The van der Waals surface area contributed by atoms with Crippen LogP contribution in [0, 0.1) is 0 Å². The number of nitrogens with one attached hydrogen (secondary N) is 2. The summed E-state index contributed by atoms with van der Waals surface area (Å²) in [5.74, 6) is 0.123. The fourth-order valence-corrected chi connectivity index (χ4v) is 3.05. The first kappa shape index (κ1) is 15.3. The Kier molecular flexibility index (Phi) is 4.99. The summed E-state index contributed by atoms with van der Waals surface area (Å²) in [5, 5.41) is 6.25. The van der Waals surface area contributed by atoms with Crippen molar-refractivity contribution in [1.82, 2.24) is 15.5 Å². The number of carbonyl (C=O) groups excluding carboxylic acids is 2. The standard InChI is InChI=1S/C14H25N3O3/c1-14(6-3-7-15-14)13(19)17-8-4-11(5-9-17)16-12(18)10-20-2/h11,15H,3-10H2,1-2H3,(H,16,18). The number of nitrogens with zero attached hydrogens (tertiary/aromatic N) is 1.